The minimum Gasteiger partial charge on any atom is -0.464 e. The summed E-state index contributed by atoms with van der Waals surface area (Å²) in [6, 6.07) is 7.50. The highest BCUT2D eigenvalue weighted by molar-refractivity contribution is 7.13. The van der Waals surface area contributed by atoms with Gasteiger partial charge in [0.15, 0.2) is 5.82 Å². The highest BCUT2D eigenvalue weighted by atomic mass is 32.1. The molecule has 3 aromatic rings. The number of ketones is 1. The van der Waals surface area contributed by atoms with Gasteiger partial charge in [-0.25, -0.2) is 9.67 Å². The summed E-state index contributed by atoms with van der Waals surface area (Å²) in [5.41, 5.74) is 0.808. The number of hydrogen-bond acceptors (Lipinski definition) is 6. The number of carbonyl (C=O) groups is 1. The molecule has 1 aliphatic heterocycles. The van der Waals surface area contributed by atoms with Gasteiger partial charge in [0.1, 0.15) is 23.3 Å². The van der Waals surface area contributed by atoms with Crippen molar-refractivity contribution in [3.63, 3.8) is 0 Å². The zero-order valence-corrected chi connectivity index (χ0v) is 16.3. The first-order chi connectivity index (χ1) is 12.9. The van der Waals surface area contributed by atoms with E-state index in [1.807, 2.05) is 36.6 Å². The highest BCUT2D eigenvalue weighted by Crippen LogP contribution is 2.45. The van der Waals surface area contributed by atoms with Gasteiger partial charge in [-0.05, 0) is 42.3 Å². The van der Waals surface area contributed by atoms with Crippen molar-refractivity contribution < 1.29 is 9.21 Å². The first-order valence-electron chi connectivity index (χ1n) is 9.08. The quantitative estimate of drug-likeness (QED) is 0.652. The number of thiophene rings is 1. The van der Waals surface area contributed by atoms with Crippen molar-refractivity contribution in [3.05, 3.63) is 41.2 Å². The Hall–Kier alpha value is -2.54. The lowest BCUT2D eigenvalue weighted by atomic mass is 9.68. The van der Waals surface area contributed by atoms with E-state index in [9.17, 15) is 4.79 Å². The molecule has 0 bridgehead atoms. The Kier molecular flexibility index (Phi) is 3.53. The molecule has 0 amide bonds. The van der Waals surface area contributed by atoms with E-state index in [1.54, 1.807) is 16.0 Å². The van der Waals surface area contributed by atoms with Gasteiger partial charge in [-0.2, -0.15) is 4.98 Å². The molecule has 0 saturated heterocycles. The number of furan rings is 1. The molecule has 1 fully saturated rings. The average molecular weight is 380 g/mol. The van der Waals surface area contributed by atoms with Crippen LogP contribution < -0.4 is 0 Å². The summed E-state index contributed by atoms with van der Waals surface area (Å²) in [4.78, 5) is 23.5. The predicted octanol–water partition coefficient (Wildman–Crippen LogP) is 4.59. The van der Waals surface area contributed by atoms with Crippen LogP contribution in [0.4, 0.5) is 5.95 Å². The second kappa shape index (κ2) is 5.73. The molecule has 27 heavy (non-hydrogen) atoms. The van der Waals surface area contributed by atoms with Crippen LogP contribution in [0, 0.1) is 18.3 Å². The van der Waals surface area contributed by atoms with Crippen LogP contribution in [0.25, 0.3) is 10.7 Å². The predicted molar refractivity (Wildman–Crippen MR) is 104 cm³/mol. The molecule has 2 unspecified atom stereocenters. The molecule has 0 radical (unpaired) electrons. The molecule has 138 valence electrons. The Balaban J connectivity index is 1.70. The van der Waals surface area contributed by atoms with Crippen molar-refractivity contribution in [2.75, 3.05) is 0 Å². The molecule has 1 saturated carbocycles. The number of carbonyl (C=O) groups excluding carboxylic acids is 1. The maximum absolute atomic E-state index is 13.1. The van der Waals surface area contributed by atoms with Gasteiger partial charge in [-0.15, -0.1) is 16.4 Å². The van der Waals surface area contributed by atoms with E-state index < -0.39 is 0 Å². The standard InChI is InChI=1S/C20H20N4O2S/c1-11-6-7-14(26-11)17-16-12(9-20(2,3)10-13(16)25)21-19-22-18(23-24(17)19)15-5-4-8-27-15/h4-8,16-17H,9-10H2,1-3H3. The van der Waals surface area contributed by atoms with Crippen LogP contribution in [-0.2, 0) is 4.79 Å². The van der Waals surface area contributed by atoms with Crippen LogP contribution in [0.2, 0.25) is 0 Å². The fourth-order valence-corrected chi connectivity index (χ4v) is 4.81. The van der Waals surface area contributed by atoms with E-state index in [0.29, 0.717) is 18.2 Å². The summed E-state index contributed by atoms with van der Waals surface area (Å²) in [5, 5.41) is 6.72. The summed E-state index contributed by atoms with van der Waals surface area (Å²) in [7, 11) is 0. The van der Waals surface area contributed by atoms with Gasteiger partial charge in [0.2, 0.25) is 5.95 Å². The number of aliphatic imine (C=N–C) groups is 1. The van der Waals surface area contributed by atoms with Crippen molar-refractivity contribution in [2.45, 2.75) is 39.7 Å². The second-order valence-electron chi connectivity index (χ2n) is 8.12. The van der Waals surface area contributed by atoms with Crippen molar-refractivity contribution in [3.8, 4) is 10.7 Å². The van der Waals surface area contributed by atoms with Gasteiger partial charge in [0, 0.05) is 12.1 Å². The monoisotopic (exact) mass is 380 g/mol. The minimum atomic E-state index is -0.339. The Morgan fingerprint density at radius 2 is 2.11 bits per heavy atom. The Morgan fingerprint density at radius 1 is 1.26 bits per heavy atom. The maximum atomic E-state index is 13.1. The summed E-state index contributed by atoms with van der Waals surface area (Å²) in [6.45, 7) is 6.14. The van der Waals surface area contributed by atoms with Crippen molar-refractivity contribution in [2.24, 2.45) is 16.3 Å². The SMILES string of the molecule is Cc1ccc(C2C3C(=O)CC(C)(C)CC3=Nc3nc(-c4cccs4)nn32)o1. The van der Waals surface area contributed by atoms with Crippen LogP contribution in [0.3, 0.4) is 0 Å². The van der Waals surface area contributed by atoms with E-state index >= 15 is 0 Å². The van der Waals surface area contributed by atoms with Crippen LogP contribution in [-0.4, -0.2) is 26.3 Å². The molecule has 2 aliphatic rings. The van der Waals surface area contributed by atoms with Gasteiger partial charge in [0.25, 0.3) is 0 Å². The minimum absolute atomic E-state index is 0.0885. The molecule has 0 N–H and O–H groups in total. The topological polar surface area (TPSA) is 73.3 Å². The Morgan fingerprint density at radius 3 is 2.81 bits per heavy atom. The summed E-state index contributed by atoms with van der Waals surface area (Å²) < 4.78 is 7.71. The first-order valence-corrected chi connectivity index (χ1v) is 9.96. The maximum Gasteiger partial charge on any atom is 0.249 e. The molecular weight excluding hydrogens is 360 g/mol. The summed E-state index contributed by atoms with van der Waals surface area (Å²) >= 11 is 1.59. The van der Waals surface area contributed by atoms with Gasteiger partial charge in [-0.1, -0.05) is 19.9 Å². The van der Waals surface area contributed by atoms with Crippen LogP contribution >= 0.6 is 11.3 Å². The largest absolute Gasteiger partial charge is 0.464 e. The average Bonchev–Trinajstić information content (AvgIpc) is 3.31. The fourth-order valence-electron chi connectivity index (χ4n) is 4.15. The van der Waals surface area contributed by atoms with Crippen molar-refractivity contribution in [1.82, 2.24) is 14.8 Å². The number of nitrogens with zero attached hydrogens (tertiary/aromatic N) is 4. The van der Waals surface area contributed by atoms with Crippen molar-refractivity contribution >= 4 is 28.8 Å². The van der Waals surface area contributed by atoms with Crippen LogP contribution in [0.1, 0.15) is 44.3 Å². The van der Waals surface area contributed by atoms with E-state index in [1.165, 1.54) is 0 Å². The zero-order chi connectivity index (χ0) is 18.8. The lowest BCUT2D eigenvalue weighted by Gasteiger charge is -2.39. The van der Waals surface area contributed by atoms with E-state index in [2.05, 4.69) is 18.8 Å². The number of rotatable bonds is 2. The van der Waals surface area contributed by atoms with Gasteiger partial charge in [0.05, 0.1) is 10.8 Å². The normalized spacial score (nSPS) is 23.7. The molecule has 5 rings (SSSR count). The second-order valence-corrected chi connectivity index (χ2v) is 9.06. The lowest BCUT2D eigenvalue weighted by Crippen LogP contribution is -2.44. The third-order valence-corrected chi connectivity index (χ3v) is 6.11. The number of aromatic nitrogens is 3. The first kappa shape index (κ1) is 16.6. The molecular formula is C20H20N4O2S. The van der Waals surface area contributed by atoms with Crippen LogP contribution in [0.5, 0.6) is 0 Å². The number of fused-ring (bicyclic) bond motifs is 2. The summed E-state index contributed by atoms with van der Waals surface area (Å²) in [6.07, 6.45) is 1.31. The Bertz CT molecular complexity index is 1060. The van der Waals surface area contributed by atoms with E-state index in [-0.39, 0.29) is 23.2 Å². The summed E-state index contributed by atoms with van der Waals surface area (Å²) in [5.74, 6) is 2.61. The Labute approximate surface area is 161 Å². The van der Waals surface area contributed by atoms with Crippen LogP contribution in [0.15, 0.2) is 39.1 Å². The molecule has 1 aliphatic carbocycles. The van der Waals surface area contributed by atoms with Gasteiger partial charge < -0.3 is 4.42 Å². The number of aryl methyl sites for hydroxylation is 1. The number of Topliss-reactive ketones (excluding diaryl/α,β-unsaturated/α-hetero) is 1. The van der Waals surface area contributed by atoms with Crippen molar-refractivity contribution in [1.29, 1.82) is 0 Å². The molecule has 7 heteroatoms. The molecule has 6 nitrogen and oxygen atoms in total. The van der Waals surface area contributed by atoms with Gasteiger partial charge >= 0.3 is 0 Å². The third kappa shape index (κ3) is 2.68. The zero-order valence-electron chi connectivity index (χ0n) is 15.5. The molecule has 0 aromatic carbocycles. The molecule has 3 aromatic heterocycles. The molecule has 4 heterocycles. The smallest absolute Gasteiger partial charge is 0.249 e. The van der Waals surface area contributed by atoms with E-state index in [0.717, 1.165) is 28.5 Å². The lowest BCUT2D eigenvalue weighted by molar-refractivity contribution is -0.125. The molecule has 2 atom stereocenters. The molecule has 0 spiro atoms. The highest BCUT2D eigenvalue weighted by Gasteiger charge is 2.47. The third-order valence-electron chi connectivity index (χ3n) is 5.25. The van der Waals surface area contributed by atoms with E-state index in [4.69, 9.17) is 14.5 Å². The number of hydrogen-bond donors (Lipinski definition) is 0. The fraction of sp³-hybridized carbons (Fsp3) is 0.400. The van der Waals surface area contributed by atoms with Gasteiger partial charge in [-0.3, -0.25) is 4.79 Å².